The Morgan fingerprint density at radius 1 is 1.00 bits per heavy atom. The minimum Gasteiger partial charge on any atom is -0.351 e. The molecule has 0 atom stereocenters. The molecule has 5 nitrogen and oxygen atoms in total. The van der Waals surface area contributed by atoms with Gasteiger partial charge in [-0.05, 0) is 23.8 Å². The summed E-state index contributed by atoms with van der Waals surface area (Å²) >= 11 is 0. The van der Waals surface area contributed by atoms with Crippen LogP contribution in [0.5, 0.6) is 0 Å². The second-order valence-electron chi connectivity index (χ2n) is 4.59. The molecule has 0 radical (unpaired) electrons. The minimum absolute atomic E-state index is 0.182. The molecule has 0 saturated carbocycles. The third-order valence-corrected chi connectivity index (χ3v) is 3.02. The van der Waals surface area contributed by atoms with Crippen LogP contribution in [-0.4, -0.2) is 11.8 Å². The predicted molar refractivity (Wildman–Crippen MR) is 82.9 cm³/mol. The Hall–Kier alpha value is -3.13. The van der Waals surface area contributed by atoms with Crippen molar-refractivity contribution >= 4 is 17.5 Å². The molecule has 0 heterocycles. The normalized spacial score (nSPS) is 9.59. The van der Waals surface area contributed by atoms with Crippen LogP contribution in [0, 0.1) is 11.3 Å². The van der Waals surface area contributed by atoms with Crippen LogP contribution in [0.3, 0.4) is 0 Å². The zero-order chi connectivity index (χ0) is 15.8. The van der Waals surface area contributed by atoms with E-state index in [0.717, 1.165) is 5.56 Å². The first-order valence-electron chi connectivity index (χ1n) is 6.78. The first-order chi connectivity index (χ1) is 10.7. The molecule has 2 rings (SSSR count). The molecule has 0 aliphatic heterocycles. The highest BCUT2D eigenvalue weighted by Crippen LogP contribution is 2.16. The molecule has 0 aromatic heterocycles. The number of hydrogen-bond acceptors (Lipinski definition) is 3. The summed E-state index contributed by atoms with van der Waals surface area (Å²) in [7, 11) is 0. The van der Waals surface area contributed by atoms with Crippen LogP contribution in [0.15, 0.2) is 54.6 Å². The van der Waals surface area contributed by atoms with Gasteiger partial charge in [-0.3, -0.25) is 9.59 Å². The van der Waals surface area contributed by atoms with E-state index in [9.17, 15) is 9.59 Å². The third-order valence-electron chi connectivity index (χ3n) is 3.02. The summed E-state index contributed by atoms with van der Waals surface area (Å²) in [6, 6.07) is 17.9. The molecule has 0 unspecified atom stereocenters. The van der Waals surface area contributed by atoms with Crippen LogP contribution in [0.25, 0.3) is 0 Å². The molecule has 0 bridgehead atoms. The van der Waals surface area contributed by atoms with Crippen molar-refractivity contribution in [2.45, 2.75) is 13.0 Å². The maximum atomic E-state index is 12.2. The van der Waals surface area contributed by atoms with Gasteiger partial charge in [0.2, 0.25) is 5.91 Å². The number of nitrogens with zero attached hydrogens (tertiary/aromatic N) is 1. The van der Waals surface area contributed by atoms with E-state index in [4.69, 9.17) is 5.26 Å². The van der Waals surface area contributed by atoms with Crippen LogP contribution >= 0.6 is 0 Å². The highest BCUT2D eigenvalue weighted by atomic mass is 16.2. The van der Waals surface area contributed by atoms with E-state index in [1.54, 1.807) is 42.5 Å². The van der Waals surface area contributed by atoms with Crippen LogP contribution in [-0.2, 0) is 11.3 Å². The lowest BCUT2D eigenvalue weighted by molar-refractivity contribution is -0.120. The Labute approximate surface area is 128 Å². The highest BCUT2D eigenvalue weighted by Gasteiger charge is 2.09. The molecule has 22 heavy (non-hydrogen) atoms. The summed E-state index contributed by atoms with van der Waals surface area (Å²) < 4.78 is 0. The molecule has 0 saturated heterocycles. The van der Waals surface area contributed by atoms with Crippen molar-refractivity contribution in [3.05, 3.63) is 65.7 Å². The lowest BCUT2D eigenvalue weighted by atomic mass is 10.1. The number of hydrogen-bond donors (Lipinski definition) is 2. The van der Waals surface area contributed by atoms with Gasteiger partial charge in [-0.25, -0.2) is 0 Å². The fraction of sp³-hybridized carbons (Fsp3) is 0.118. The third kappa shape index (κ3) is 4.18. The molecular weight excluding hydrogens is 278 g/mol. The van der Waals surface area contributed by atoms with Crippen LogP contribution in [0.2, 0.25) is 0 Å². The Bertz CT molecular complexity index is 705. The molecule has 0 spiro atoms. The van der Waals surface area contributed by atoms with Crippen molar-refractivity contribution in [3.63, 3.8) is 0 Å². The average Bonchev–Trinajstić information content (AvgIpc) is 2.55. The second kappa shape index (κ2) is 7.60. The van der Waals surface area contributed by atoms with Crippen LogP contribution < -0.4 is 10.6 Å². The number of nitriles is 1. The van der Waals surface area contributed by atoms with Crippen molar-refractivity contribution in [2.24, 2.45) is 0 Å². The van der Waals surface area contributed by atoms with Gasteiger partial charge in [-0.1, -0.05) is 36.4 Å². The summed E-state index contributed by atoms with van der Waals surface area (Å²) in [5.41, 5.74) is 1.97. The number of carbonyl (C=O) groups is 2. The maximum Gasteiger partial charge on any atom is 0.255 e. The average molecular weight is 293 g/mol. The summed E-state index contributed by atoms with van der Waals surface area (Å²) in [6.07, 6.45) is -0.182. The Morgan fingerprint density at radius 3 is 2.41 bits per heavy atom. The van der Waals surface area contributed by atoms with Gasteiger partial charge >= 0.3 is 0 Å². The van der Waals surface area contributed by atoms with E-state index in [1.165, 1.54) is 0 Å². The van der Waals surface area contributed by atoms with Gasteiger partial charge in [0.1, 0.15) is 6.42 Å². The fourth-order valence-electron chi connectivity index (χ4n) is 1.91. The van der Waals surface area contributed by atoms with E-state index in [2.05, 4.69) is 10.6 Å². The van der Waals surface area contributed by atoms with E-state index >= 15 is 0 Å². The first kappa shape index (κ1) is 15.3. The highest BCUT2D eigenvalue weighted by molar-refractivity contribution is 6.04. The molecule has 2 aromatic rings. The minimum atomic E-state index is -0.341. The summed E-state index contributed by atoms with van der Waals surface area (Å²) in [5, 5.41) is 13.9. The number of nitrogens with one attached hydrogen (secondary N) is 2. The molecule has 0 aliphatic carbocycles. The number of rotatable bonds is 5. The first-order valence-corrected chi connectivity index (χ1v) is 6.78. The van der Waals surface area contributed by atoms with Gasteiger partial charge in [0.15, 0.2) is 0 Å². The van der Waals surface area contributed by atoms with Gasteiger partial charge in [-0.2, -0.15) is 5.26 Å². The van der Waals surface area contributed by atoms with Crippen molar-refractivity contribution in [3.8, 4) is 6.07 Å². The summed E-state index contributed by atoms with van der Waals surface area (Å²) in [4.78, 5) is 23.5. The number of benzene rings is 2. The number of amides is 2. The van der Waals surface area contributed by atoms with Crippen molar-refractivity contribution < 1.29 is 9.59 Å². The van der Waals surface area contributed by atoms with Crippen molar-refractivity contribution in [2.75, 3.05) is 5.32 Å². The smallest absolute Gasteiger partial charge is 0.255 e. The molecule has 0 aliphatic rings. The summed E-state index contributed by atoms with van der Waals surface area (Å²) in [5.74, 6) is -0.553. The van der Waals surface area contributed by atoms with Gasteiger partial charge < -0.3 is 10.6 Å². The lowest BCUT2D eigenvalue weighted by Crippen LogP contribution is -2.23. The molecule has 110 valence electrons. The monoisotopic (exact) mass is 293 g/mol. The fourth-order valence-corrected chi connectivity index (χ4v) is 1.91. The number of para-hydroxylation sites is 1. The predicted octanol–water partition coefficient (Wildman–Crippen LogP) is 2.47. The van der Waals surface area contributed by atoms with Crippen LogP contribution in [0.4, 0.5) is 5.69 Å². The zero-order valence-corrected chi connectivity index (χ0v) is 11.9. The Morgan fingerprint density at radius 2 is 1.68 bits per heavy atom. The van der Waals surface area contributed by atoms with Gasteiger partial charge in [0, 0.05) is 17.8 Å². The molecule has 0 fully saturated rings. The topological polar surface area (TPSA) is 82.0 Å². The van der Waals surface area contributed by atoms with Crippen LogP contribution in [0.1, 0.15) is 22.3 Å². The van der Waals surface area contributed by atoms with Crippen molar-refractivity contribution in [1.29, 1.82) is 5.26 Å². The molecule has 2 N–H and O–H groups in total. The van der Waals surface area contributed by atoms with E-state index < -0.39 is 0 Å². The van der Waals surface area contributed by atoms with E-state index in [0.29, 0.717) is 11.3 Å². The standard InChI is InChI=1S/C17H15N3O2/c18-11-10-16(21)19-12-14-8-4-5-9-15(14)20-17(22)13-6-2-1-3-7-13/h1-9H,10,12H2,(H,19,21)(H,20,22). The summed E-state index contributed by atoms with van der Waals surface area (Å²) in [6.45, 7) is 0.256. The maximum absolute atomic E-state index is 12.2. The SMILES string of the molecule is N#CCC(=O)NCc1ccccc1NC(=O)c1ccccc1. The second-order valence-corrected chi connectivity index (χ2v) is 4.59. The van der Waals surface area contributed by atoms with Crippen molar-refractivity contribution in [1.82, 2.24) is 5.32 Å². The Kier molecular flexibility index (Phi) is 5.27. The number of anilines is 1. The van der Waals surface area contributed by atoms with Gasteiger partial charge in [0.05, 0.1) is 6.07 Å². The molecular formula is C17H15N3O2. The zero-order valence-electron chi connectivity index (χ0n) is 11.9. The Balaban J connectivity index is 2.07. The van der Waals surface area contributed by atoms with Gasteiger partial charge in [-0.15, -0.1) is 0 Å². The van der Waals surface area contributed by atoms with Gasteiger partial charge in [0.25, 0.3) is 5.91 Å². The van der Waals surface area contributed by atoms with E-state index in [-0.39, 0.29) is 24.8 Å². The molecule has 5 heteroatoms. The molecule has 2 aromatic carbocycles. The largest absolute Gasteiger partial charge is 0.351 e. The van der Waals surface area contributed by atoms with E-state index in [1.807, 2.05) is 18.2 Å². The number of carbonyl (C=O) groups excluding carboxylic acids is 2. The molecule has 2 amide bonds. The quantitative estimate of drug-likeness (QED) is 0.888. The lowest BCUT2D eigenvalue weighted by Gasteiger charge is -2.11.